The van der Waals surface area contributed by atoms with Crippen LogP contribution in [0.4, 0.5) is 5.95 Å². The zero-order chi connectivity index (χ0) is 27.2. The summed E-state index contributed by atoms with van der Waals surface area (Å²) in [4.78, 5) is 15.0. The van der Waals surface area contributed by atoms with Gasteiger partial charge in [0, 0.05) is 45.9 Å². The Kier molecular flexibility index (Phi) is 7.55. The number of piperidine rings is 2. The Morgan fingerprint density at radius 2 is 1.30 bits per heavy atom. The van der Waals surface area contributed by atoms with E-state index in [4.69, 9.17) is 9.72 Å². The first-order valence-electron chi connectivity index (χ1n) is 12.9. The summed E-state index contributed by atoms with van der Waals surface area (Å²) in [6.07, 6.45) is 2.25. The minimum atomic E-state index is -0.564. The van der Waals surface area contributed by atoms with E-state index in [1.807, 2.05) is 85.7 Å². The van der Waals surface area contributed by atoms with Crippen LogP contribution in [0, 0.1) is 0 Å². The van der Waals surface area contributed by atoms with Crippen molar-refractivity contribution < 1.29 is 15.2 Å². The molecule has 2 saturated heterocycles. The molecule has 1 aromatic carbocycles. The van der Waals surface area contributed by atoms with Gasteiger partial charge in [0.1, 0.15) is 6.10 Å². The summed E-state index contributed by atoms with van der Waals surface area (Å²) < 4.78 is 6.34. The number of nitrogens with zero attached hydrogens (tertiary/aromatic N) is 5. The van der Waals surface area contributed by atoms with Gasteiger partial charge in [-0.15, -0.1) is 20.5 Å². The summed E-state index contributed by atoms with van der Waals surface area (Å²) in [5.41, 5.74) is -2.16. The van der Waals surface area contributed by atoms with E-state index in [1.165, 1.54) is 21.9 Å². The van der Waals surface area contributed by atoms with E-state index in [9.17, 15) is 10.4 Å². The summed E-state index contributed by atoms with van der Waals surface area (Å²) in [5.74, 6) is 0.430. The number of ether oxygens (including phenoxy) is 1. The van der Waals surface area contributed by atoms with Crippen molar-refractivity contribution in [3.05, 3.63) is 30.3 Å². The highest BCUT2D eigenvalue weighted by atomic mass is 32.2. The molecule has 202 valence electrons. The molecule has 1 aromatic heterocycles. The molecule has 0 spiro atoms. The van der Waals surface area contributed by atoms with Crippen LogP contribution in [0.1, 0.15) is 81.1 Å². The molecule has 2 aliphatic rings. The van der Waals surface area contributed by atoms with Crippen LogP contribution in [-0.2, 0) is 10.4 Å². The highest BCUT2D eigenvalue weighted by Crippen LogP contribution is 2.40. The Hall–Kier alpha value is -1.98. The number of rotatable bonds is 6. The Morgan fingerprint density at radius 1 is 0.784 bits per heavy atom. The lowest BCUT2D eigenvalue weighted by Crippen LogP contribution is -2.60. The number of hydroxylamine groups is 4. The first-order valence-corrected chi connectivity index (χ1v) is 13.8. The fourth-order valence-electron chi connectivity index (χ4n) is 6.05. The molecule has 37 heavy (non-hydrogen) atoms. The topological polar surface area (TPSA) is 106 Å². The van der Waals surface area contributed by atoms with Crippen LogP contribution >= 0.6 is 11.8 Å². The van der Waals surface area contributed by atoms with Gasteiger partial charge in [0.05, 0.1) is 0 Å². The second-order valence-electron chi connectivity index (χ2n) is 12.9. The van der Waals surface area contributed by atoms with Crippen molar-refractivity contribution in [1.29, 1.82) is 0 Å². The van der Waals surface area contributed by atoms with Crippen molar-refractivity contribution >= 4 is 17.7 Å². The first-order chi connectivity index (χ1) is 17.1. The van der Waals surface area contributed by atoms with Crippen LogP contribution in [0.3, 0.4) is 0 Å². The smallest absolute Gasteiger partial charge is 0.322 e. The van der Waals surface area contributed by atoms with Gasteiger partial charge in [-0.2, -0.15) is 15.0 Å². The fourth-order valence-corrected chi connectivity index (χ4v) is 6.81. The van der Waals surface area contributed by atoms with E-state index in [1.54, 1.807) is 0 Å². The molecule has 0 bridgehead atoms. The maximum atomic E-state index is 12.8. The minimum Gasteiger partial charge on any atom is -0.460 e. The van der Waals surface area contributed by atoms with E-state index in [2.05, 4.69) is 15.3 Å². The van der Waals surface area contributed by atoms with Gasteiger partial charge in [0.2, 0.25) is 11.1 Å². The predicted molar refractivity (Wildman–Crippen MR) is 142 cm³/mol. The molecule has 0 amide bonds. The molecule has 2 aromatic rings. The van der Waals surface area contributed by atoms with E-state index in [0.29, 0.717) is 36.8 Å². The number of anilines is 1. The molecule has 9 nitrogen and oxygen atoms in total. The predicted octanol–water partition coefficient (Wildman–Crippen LogP) is 5.55. The highest BCUT2D eigenvalue weighted by molar-refractivity contribution is 7.99. The largest absolute Gasteiger partial charge is 0.460 e. The summed E-state index contributed by atoms with van der Waals surface area (Å²) in [7, 11) is 0. The molecule has 0 unspecified atom stereocenters. The standard InChI is InChI=1S/C27H40N6O3S/c1-24(2)14-18(15-25(3,4)32(24)34)28-21-29-22(31-23(30-21)37-20-12-10-9-11-13-20)36-19-16-26(5,6)33(35)27(7,8)17-19/h9-13,18-19H,14-17H2,1-8H3,(H,28,29,30,31). The summed E-state index contributed by atoms with van der Waals surface area (Å²) in [6.45, 7) is 15.7. The number of benzene rings is 1. The van der Waals surface area contributed by atoms with Gasteiger partial charge in [-0.25, -0.2) is 0 Å². The molecule has 1 N–H and O–H groups in total. The normalized spacial score (nSPS) is 24.1. The van der Waals surface area contributed by atoms with Crippen molar-refractivity contribution in [2.45, 2.75) is 125 Å². The zero-order valence-electron chi connectivity index (χ0n) is 23.2. The van der Waals surface area contributed by atoms with Crippen LogP contribution in [-0.4, -0.2) is 59.4 Å². The van der Waals surface area contributed by atoms with E-state index in [0.717, 1.165) is 4.90 Å². The third kappa shape index (κ3) is 6.37. The molecule has 2 fully saturated rings. The Morgan fingerprint density at radius 3 is 1.84 bits per heavy atom. The zero-order valence-corrected chi connectivity index (χ0v) is 24.1. The van der Waals surface area contributed by atoms with Crippen LogP contribution in [0.25, 0.3) is 0 Å². The van der Waals surface area contributed by atoms with Crippen LogP contribution in [0.5, 0.6) is 6.01 Å². The van der Waals surface area contributed by atoms with Crippen molar-refractivity contribution in [2.24, 2.45) is 0 Å². The highest BCUT2D eigenvalue weighted by Gasteiger charge is 2.48. The molecule has 4 rings (SSSR count). The maximum Gasteiger partial charge on any atom is 0.322 e. The van der Waals surface area contributed by atoms with Crippen molar-refractivity contribution in [2.75, 3.05) is 5.32 Å². The average molecular weight is 529 g/mol. The van der Waals surface area contributed by atoms with Crippen LogP contribution in [0.2, 0.25) is 0 Å². The molecule has 2 radical (unpaired) electrons. The lowest BCUT2D eigenvalue weighted by Gasteiger charge is -2.50. The number of nitrogens with one attached hydrogen (secondary N) is 1. The van der Waals surface area contributed by atoms with E-state index in [-0.39, 0.29) is 18.2 Å². The Bertz CT molecular complexity index is 997. The van der Waals surface area contributed by atoms with Gasteiger partial charge in [0.15, 0.2) is 0 Å². The number of hydrogen-bond donors (Lipinski definition) is 1. The van der Waals surface area contributed by atoms with E-state index >= 15 is 0 Å². The van der Waals surface area contributed by atoms with E-state index < -0.39 is 22.2 Å². The van der Waals surface area contributed by atoms with Gasteiger partial charge >= 0.3 is 6.01 Å². The third-order valence-electron chi connectivity index (χ3n) is 7.30. The lowest BCUT2D eigenvalue weighted by atomic mass is 9.79. The van der Waals surface area contributed by atoms with Gasteiger partial charge in [-0.05, 0) is 92.1 Å². The first kappa shape index (κ1) is 28.0. The molecule has 0 saturated carbocycles. The van der Waals surface area contributed by atoms with Gasteiger partial charge in [-0.1, -0.05) is 18.2 Å². The quantitative estimate of drug-likeness (QED) is 0.520. The summed E-state index contributed by atoms with van der Waals surface area (Å²) in [5, 5.41) is 32.0. The van der Waals surface area contributed by atoms with Gasteiger partial charge in [-0.3, -0.25) is 0 Å². The van der Waals surface area contributed by atoms with Gasteiger partial charge < -0.3 is 10.1 Å². The second kappa shape index (κ2) is 9.96. The molecule has 0 atom stereocenters. The minimum absolute atomic E-state index is 0.0154. The molecule has 3 heterocycles. The molecule has 0 aliphatic carbocycles. The third-order valence-corrected chi connectivity index (χ3v) is 8.17. The maximum absolute atomic E-state index is 12.8. The molecular formula is C27H40N6O3S. The Labute approximate surface area is 225 Å². The molecule has 2 aliphatic heterocycles. The van der Waals surface area contributed by atoms with Crippen molar-refractivity contribution in [1.82, 2.24) is 25.1 Å². The summed E-state index contributed by atoms with van der Waals surface area (Å²) >= 11 is 1.44. The SMILES string of the molecule is CC1(C)CC(Nc2nc(OC3CC(C)(C)N([O])C(C)(C)C3)nc(Sc3ccccc3)n2)CC(C)(C)N1[O]. The van der Waals surface area contributed by atoms with Gasteiger partial charge in [0.25, 0.3) is 0 Å². The molecular weight excluding hydrogens is 488 g/mol. The van der Waals surface area contributed by atoms with Crippen molar-refractivity contribution in [3.63, 3.8) is 0 Å². The number of hydrogen-bond acceptors (Lipinski definition) is 8. The Balaban J connectivity index is 1.61. The number of aromatic nitrogens is 3. The fraction of sp³-hybridized carbons (Fsp3) is 0.667. The average Bonchev–Trinajstić information content (AvgIpc) is 2.75. The lowest BCUT2D eigenvalue weighted by molar-refractivity contribution is -0.297. The monoisotopic (exact) mass is 528 g/mol. The second-order valence-corrected chi connectivity index (χ2v) is 13.9. The van der Waals surface area contributed by atoms with Crippen LogP contribution in [0.15, 0.2) is 40.4 Å². The van der Waals surface area contributed by atoms with Crippen LogP contribution < -0.4 is 10.1 Å². The molecule has 10 heteroatoms. The summed E-state index contributed by atoms with van der Waals surface area (Å²) in [6, 6.07) is 10.2. The van der Waals surface area contributed by atoms with Crippen molar-refractivity contribution in [3.8, 4) is 6.01 Å².